The molecule has 0 amide bonds. The number of hydrogen-bond acceptors (Lipinski definition) is 7. The second-order valence-corrected chi connectivity index (χ2v) is 14.8. The molecular formula is C40H74O8P-. The van der Waals surface area contributed by atoms with Crippen LogP contribution in [0.5, 0.6) is 0 Å². The highest BCUT2D eigenvalue weighted by Gasteiger charge is 2.17. The number of esters is 1. The summed E-state index contributed by atoms with van der Waals surface area (Å²) in [4.78, 5) is 44.6. The van der Waals surface area contributed by atoms with E-state index in [0.717, 1.165) is 77.0 Å². The molecule has 1 N–H and O–H groups in total. The van der Waals surface area contributed by atoms with Crippen LogP contribution >= 0.6 is 7.82 Å². The Morgan fingerprint density at radius 1 is 0.592 bits per heavy atom. The highest BCUT2D eigenvalue weighted by atomic mass is 31.2. The zero-order chi connectivity index (χ0) is 36.1. The van der Waals surface area contributed by atoms with E-state index in [2.05, 4.69) is 42.7 Å². The van der Waals surface area contributed by atoms with Crippen molar-refractivity contribution in [3.63, 3.8) is 0 Å². The third kappa shape index (κ3) is 39.3. The summed E-state index contributed by atoms with van der Waals surface area (Å²) in [7, 11) is -4.97. The van der Waals surface area contributed by atoms with Gasteiger partial charge in [-0.2, -0.15) is 0 Å². The van der Waals surface area contributed by atoms with Gasteiger partial charge in [0.1, 0.15) is 19.3 Å². The lowest BCUT2D eigenvalue weighted by Crippen LogP contribution is -2.29. The fourth-order valence-corrected chi connectivity index (χ4v) is 5.95. The number of ketones is 1. The summed E-state index contributed by atoms with van der Waals surface area (Å²) < 4.78 is 26.3. The van der Waals surface area contributed by atoms with Crippen molar-refractivity contribution in [1.29, 1.82) is 0 Å². The lowest BCUT2D eigenvalue weighted by Gasteiger charge is -2.21. The van der Waals surface area contributed by atoms with Crippen LogP contribution in [-0.4, -0.2) is 42.6 Å². The Balaban J connectivity index is 3.94. The van der Waals surface area contributed by atoms with E-state index in [4.69, 9.17) is 14.4 Å². The molecule has 0 fully saturated rings. The van der Waals surface area contributed by atoms with E-state index in [1.807, 2.05) is 0 Å². The molecular weight excluding hydrogens is 639 g/mol. The van der Waals surface area contributed by atoms with Crippen LogP contribution in [0, 0.1) is 0 Å². The van der Waals surface area contributed by atoms with Gasteiger partial charge in [0.2, 0.25) is 0 Å². The lowest BCUT2D eigenvalue weighted by molar-refractivity contribution is -0.222. The van der Waals surface area contributed by atoms with E-state index in [1.165, 1.54) is 89.9 Å². The number of hydrogen-bond donors (Lipinski definition) is 1. The number of unbranched alkanes of at least 4 members (excludes halogenated alkanes) is 22. The Morgan fingerprint density at radius 2 is 0.980 bits per heavy atom. The van der Waals surface area contributed by atoms with Crippen LogP contribution in [0.4, 0.5) is 0 Å². The van der Waals surface area contributed by atoms with Crippen molar-refractivity contribution in [3.8, 4) is 0 Å². The number of allylic oxidation sites excluding steroid dienone is 4. The van der Waals surface area contributed by atoms with Gasteiger partial charge in [0.05, 0.1) is 6.61 Å². The van der Waals surface area contributed by atoms with E-state index in [9.17, 15) is 19.0 Å². The largest absolute Gasteiger partial charge is 0.756 e. The maximum Gasteiger partial charge on any atom is 0.305 e. The van der Waals surface area contributed by atoms with Crippen LogP contribution in [0.2, 0.25) is 0 Å². The first-order valence-electron chi connectivity index (χ1n) is 20.1. The zero-order valence-corrected chi connectivity index (χ0v) is 32.5. The van der Waals surface area contributed by atoms with Gasteiger partial charge in [0, 0.05) is 12.8 Å². The zero-order valence-electron chi connectivity index (χ0n) is 31.6. The molecule has 2 unspecified atom stereocenters. The third-order valence-corrected chi connectivity index (χ3v) is 9.17. The van der Waals surface area contributed by atoms with Crippen molar-refractivity contribution < 1.29 is 37.9 Å². The average Bonchev–Trinajstić information content (AvgIpc) is 3.07. The van der Waals surface area contributed by atoms with Crippen LogP contribution in [0.15, 0.2) is 24.3 Å². The topological polar surface area (TPSA) is 122 Å². The molecule has 0 heterocycles. The second-order valence-electron chi connectivity index (χ2n) is 13.6. The van der Waals surface area contributed by atoms with Gasteiger partial charge in [0.15, 0.2) is 5.78 Å². The molecule has 9 heteroatoms. The molecule has 0 spiro atoms. The molecule has 0 saturated heterocycles. The summed E-state index contributed by atoms with van der Waals surface area (Å²) in [6, 6.07) is 0. The SMILES string of the molecule is CCCCCCCC/C=C\CCCCCCCC(=O)COC(COC(=O)CCCCCCC/C=C\CCCCCCCC)COP(=O)([O-])O. The molecule has 0 aliphatic heterocycles. The van der Waals surface area contributed by atoms with E-state index in [-0.39, 0.29) is 25.4 Å². The smallest absolute Gasteiger partial charge is 0.305 e. The number of phosphoric acid groups is 1. The van der Waals surface area contributed by atoms with Crippen molar-refractivity contribution in [2.45, 2.75) is 200 Å². The van der Waals surface area contributed by atoms with Gasteiger partial charge in [-0.3, -0.25) is 14.2 Å². The van der Waals surface area contributed by atoms with Gasteiger partial charge in [0.25, 0.3) is 7.82 Å². The quantitative estimate of drug-likeness (QED) is 0.0290. The third-order valence-electron chi connectivity index (χ3n) is 8.69. The van der Waals surface area contributed by atoms with Crippen LogP contribution < -0.4 is 4.89 Å². The van der Waals surface area contributed by atoms with Crippen molar-refractivity contribution >= 4 is 19.6 Å². The van der Waals surface area contributed by atoms with Gasteiger partial charge < -0.3 is 23.8 Å². The van der Waals surface area contributed by atoms with Crippen LogP contribution in [0.3, 0.4) is 0 Å². The Hall–Kier alpha value is -1.31. The summed E-state index contributed by atoms with van der Waals surface area (Å²) >= 11 is 0. The lowest BCUT2D eigenvalue weighted by atomic mass is 10.1. The Bertz CT molecular complexity index is 797. The van der Waals surface area contributed by atoms with Gasteiger partial charge >= 0.3 is 5.97 Å². The van der Waals surface area contributed by atoms with Gasteiger partial charge in [-0.1, -0.05) is 141 Å². The highest BCUT2D eigenvalue weighted by Crippen LogP contribution is 2.30. The molecule has 0 aromatic heterocycles. The second kappa shape index (κ2) is 36.5. The maximum absolute atomic E-state index is 12.3. The summed E-state index contributed by atoms with van der Waals surface area (Å²) in [5.74, 6) is -0.503. The molecule has 0 aromatic carbocycles. The minimum absolute atomic E-state index is 0.100. The normalized spacial score (nSPS) is 13.7. The Morgan fingerprint density at radius 3 is 1.41 bits per heavy atom. The van der Waals surface area contributed by atoms with E-state index < -0.39 is 26.5 Å². The number of carbonyl (C=O) groups is 2. The first-order chi connectivity index (χ1) is 23.8. The molecule has 0 bridgehead atoms. The molecule has 0 rings (SSSR count). The standard InChI is InChI=1S/C40H75O8P/c1-3-5-7-9-11-13-15-17-19-21-23-25-27-29-31-33-38(41)35-46-39(37-48-49(43,44)45)36-47-40(42)34-32-30-28-26-24-22-20-18-16-14-12-10-8-6-4-2/h17-20,39H,3-16,21-37H2,1-2H3,(H2,43,44,45)/p-1/b19-17-,20-18-. The molecule has 0 aliphatic rings. The number of Topliss-reactive ketones (excluding diaryl/α,β-unsaturated/α-hetero) is 1. The molecule has 0 aliphatic carbocycles. The number of phosphoric ester groups is 1. The van der Waals surface area contributed by atoms with Crippen molar-refractivity contribution in [2.75, 3.05) is 19.8 Å². The molecule has 0 saturated carbocycles. The summed E-state index contributed by atoms with van der Waals surface area (Å²) in [6.45, 7) is 3.49. The molecule has 0 aromatic rings. The van der Waals surface area contributed by atoms with Crippen LogP contribution in [0.1, 0.15) is 194 Å². The molecule has 2 atom stereocenters. The van der Waals surface area contributed by atoms with Crippen molar-refractivity contribution in [1.82, 2.24) is 0 Å². The van der Waals surface area contributed by atoms with E-state index in [1.54, 1.807) is 0 Å². The van der Waals surface area contributed by atoms with Crippen LogP contribution in [-0.2, 0) is 28.2 Å². The average molecular weight is 714 g/mol. The highest BCUT2D eigenvalue weighted by molar-refractivity contribution is 7.44. The van der Waals surface area contributed by atoms with E-state index >= 15 is 0 Å². The van der Waals surface area contributed by atoms with Crippen molar-refractivity contribution in [2.24, 2.45) is 0 Å². The summed E-state index contributed by atoms with van der Waals surface area (Å²) in [5, 5.41) is 0. The van der Waals surface area contributed by atoms with E-state index in [0.29, 0.717) is 6.42 Å². The number of ether oxygens (including phenoxy) is 2. The molecule has 0 radical (unpaired) electrons. The summed E-state index contributed by atoms with van der Waals surface area (Å²) in [6.07, 6.45) is 39.5. The number of carbonyl (C=O) groups excluding carboxylic acids is 2. The van der Waals surface area contributed by atoms with Crippen LogP contribution in [0.25, 0.3) is 0 Å². The van der Waals surface area contributed by atoms with Gasteiger partial charge in [-0.15, -0.1) is 0 Å². The molecule has 288 valence electrons. The minimum Gasteiger partial charge on any atom is -0.756 e. The fourth-order valence-electron chi connectivity index (χ4n) is 5.60. The predicted octanol–water partition coefficient (Wildman–Crippen LogP) is 11.0. The Labute approximate surface area is 300 Å². The Kier molecular flexibility index (Phi) is 35.5. The monoisotopic (exact) mass is 714 g/mol. The minimum atomic E-state index is -4.97. The predicted molar refractivity (Wildman–Crippen MR) is 200 cm³/mol. The number of rotatable bonds is 38. The fraction of sp³-hybridized carbons (Fsp3) is 0.850. The van der Waals surface area contributed by atoms with Crippen molar-refractivity contribution in [3.05, 3.63) is 24.3 Å². The maximum atomic E-state index is 12.3. The molecule has 8 nitrogen and oxygen atoms in total. The van der Waals surface area contributed by atoms with Gasteiger partial charge in [-0.05, 0) is 64.2 Å². The van der Waals surface area contributed by atoms with Gasteiger partial charge in [-0.25, -0.2) is 0 Å². The summed E-state index contributed by atoms with van der Waals surface area (Å²) in [5.41, 5.74) is 0. The first-order valence-corrected chi connectivity index (χ1v) is 21.5. The molecule has 49 heavy (non-hydrogen) atoms. The first kappa shape index (κ1) is 47.7.